The van der Waals surface area contributed by atoms with Gasteiger partial charge in [-0.25, -0.2) is 0 Å². The molecule has 114 valence electrons. The van der Waals surface area contributed by atoms with Crippen molar-refractivity contribution < 1.29 is 14.5 Å². The second-order valence-electron chi connectivity index (χ2n) is 4.51. The predicted octanol–water partition coefficient (Wildman–Crippen LogP) is 1.02. The maximum absolute atomic E-state index is 12.0. The number of hydrogen-bond acceptors (Lipinski definition) is 5. The summed E-state index contributed by atoms with van der Waals surface area (Å²) in [4.78, 5) is 33.3. The molecule has 0 bridgehead atoms. The molecule has 0 aromatic heterocycles. The van der Waals surface area contributed by atoms with Gasteiger partial charge < -0.3 is 16.4 Å². The van der Waals surface area contributed by atoms with E-state index in [4.69, 9.17) is 5.73 Å². The largest absolute Gasteiger partial charge is 0.379 e. The number of carbonyl (C=O) groups excluding carboxylic acids is 2. The van der Waals surface area contributed by atoms with Crippen LogP contribution in [0.15, 0.2) is 18.2 Å². The van der Waals surface area contributed by atoms with Crippen molar-refractivity contribution in [3.63, 3.8) is 0 Å². The predicted molar refractivity (Wildman–Crippen MR) is 78.0 cm³/mol. The Labute approximate surface area is 121 Å². The fraction of sp³-hybridized carbons (Fsp3) is 0.385. The molecule has 0 saturated carbocycles. The van der Waals surface area contributed by atoms with E-state index in [0.717, 1.165) is 6.42 Å². The molecule has 0 radical (unpaired) electrons. The van der Waals surface area contributed by atoms with E-state index in [1.807, 2.05) is 6.92 Å². The van der Waals surface area contributed by atoms with E-state index in [9.17, 15) is 19.7 Å². The first-order valence-corrected chi connectivity index (χ1v) is 6.49. The molecule has 0 fully saturated rings. The summed E-state index contributed by atoms with van der Waals surface area (Å²) in [5.74, 6) is -1.18. The first-order valence-electron chi connectivity index (χ1n) is 6.49. The van der Waals surface area contributed by atoms with Crippen LogP contribution in [-0.2, 0) is 4.79 Å². The molecule has 1 aromatic carbocycles. The lowest BCUT2D eigenvalue weighted by Gasteiger charge is -2.11. The summed E-state index contributed by atoms with van der Waals surface area (Å²) in [5, 5.41) is 16.3. The number of nitrogens with one attached hydrogen (secondary N) is 2. The van der Waals surface area contributed by atoms with Crippen molar-refractivity contribution in [2.45, 2.75) is 26.3 Å². The van der Waals surface area contributed by atoms with Gasteiger partial charge in [-0.2, -0.15) is 0 Å². The minimum Gasteiger partial charge on any atom is -0.379 e. The van der Waals surface area contributed by atoms with Gasteiger partial charge in [0.1, 0.15) is 11.7 Å². The average molecular weight is 294 g/mol. The van der Waals surface area contributed by atoms with E-state index >= 15 is 0 Å². The second-order valence-corrected chi connectivity index (χ2v) is 4.51. The Balaban J connectivity index is 3.01. The highest BCUT2D eigenvalue weighted by Crippen LogP contribution is 2.25. The molecular weight excluding hydrogens is 276 g/mol. The zero-order valence-electron chi connectivity index (χ0n) is 11.9. The third-order valence-electron chi connectivity index (χ3n) is 2.80. The van der Waals surface area contributed by atoms with Crippen molar-refractivity contribution in [3.8, 4) is 0 Å². The topological polar surface area (TPSA) is 127 Å². The molecule has 8 nitrogen and oxygen atoms in total. The third kappa shape index (κ3) is 4.44. The maximum atomic E-state index is 12.0. The molecule has 0 spiro atoms. The normalized spacial score (nSPS) is 11.5. The Morgan fingerprint density at radius 1 is 1.43 bits per heavy atom. The van der Waals surface area contributed by atoms with Crippen LogP contribution in [0.25, 0.3) is 0 Å². The number of nitro groups is 1. The van der Waals surface area contributed by atoms with E-state index in [2.05, 4.69) is 10.6 Å². The highest BCUT2D eigenvalue weighted by molar-refractivity contribution is 5.98. The molecule has 0 aliphatic carbocycles. The molecule has 0 saturated heterocycles. The number of amides is 2. The Morgan fingerprint density at radius 2 is 2.10 bits per heavy atom. The van der Waals surface area contributed by atoms with Crippen molar-refractivity contribution in [1.82, 2.24) is 5.32 Å². The molecule has 4 N–H and O–H groups in total. The van der Waals surface area contributed by atoms with Gasteiger partial charge in [0.25, 0.3) is 11.6 Å². The summed E-state index contributed by atoms with van der Waals surface area (Å²) >= 11 is 0. The lowest BCUT2D eigenvalue weighted by molar-refractivity contribution is -0.384. The highest BCUT2D eigenvalue weighted by Gasteiger charge is 2.18. The molecule has 1 rings (SSSR count). The van der Waals surface area contributed by atoms with E-state index in [1.165, 1.54) is 25.1 Å². The van der Waals surface area contributed by atoms with Crippen LogP contribution in [0.2, 0.25) is 0 Å². The first-order chi connectivity index (χ1) is 9.86. The van der Waals surface area contributed by atoms with Crippen LogP contribution in [0.1, 0.15) is 30.6 Å². The van der Waals surface area contributed by atoms with Gasteiger partial charge >= 0.3 is 0 Å². The number of carbonyl (C=O) groups is 2. The molecule has 0 aliphatic heterocycles. The SMILES string of the molecule is CCCNc1cc(C(=O)NC(C)C(N)=O)ccc1[N+](=O)[O-]. The van der Waals surface area contributed by atoms with Crippen molar-refractivity contribution in [3.05, 3.63) is 33.9 Å². The lowest BCUT2D eigenvalue weighted by atomic mass is 10.1. The molecular formula is C13H18N4O4. The zero-order chi connectivity index (χ0) is 16.0. The fourth-order valence-corrected chi connectivity index (χ4v) is 1.59. The van der Waals surface area contributed by atoms with Gasteiger partial charge in [0, 0.05) is 18.2 Å². The standard InChI is InChI=1S/C13H18N4O4/c1-3-6-15-10-7-9(4-5-11(10)17(20)21)13(19)16-8(2)12(14)18/h4-5,7-8,15H,3,6H2,1-2H3,(H2,14,18)(H,16,19). The van der Waals surface area contributed by atoms with Gasteiger partial charge in [-0.1, -0.05) is 6.92 Å². The summed E-state index contributed by atoms with van der Waals surface area (Å²) in [5.41, 5.74) is 5.44. The molecule has 0 heterocycles. The number of nitrogens with zero attached hydrogens (tertiary/aromatic N) is 1. The second kappa shape index (κ2) is 7.22. The van der Waals surface area contributed by atoms with Crippen molar-refractivity contribution in [2.75, 3.05) is 11.9 Å². The maximum Gasteiger partial charge on any atom is 0.292 e. The van der Waals surface area contributed by atoms with Gasteiger partial charge in [0.2, 0.25) is 5.91 Å². The monoisotopic (exact) mass is 294 g/mol. The molecule has 21 heavy (non-hydrogen) atoms. The number of rotatable bonds is 7. The average Bonchev–Trinajstić information content (AvgIpc) is 2.44. The Hall–Kier alpha value is -2.64. The number of benzene rings is 1. The van der Waals surface area contributed by atoms with E-state index in [0.29, 0.717) is 6.54 Å². The van der Waals surface area contributed by atoms with E-state index < -0.39 is 22.8 Å². The summed E-state index contributed by atoms with van der Waals surface area (Å²) < 4.78 is 0. The quantitative estimate of drug-likeness (QED) is 0.511. The van der Waals surface area contributed by atoms with Gasteiger partial charge in [-0.05, 0) is 25.5 Å². The zero-order valence-corrected chi connectivity index (χ0v) is 11.9. The number of nitrogens with two attached hydrogens (primary N) is 1. The van der Waals surface area contributed by atoms with E-state index in [1.54, 1.807) is 0 Å². The number of nitro benzene ring substituents is 1. The Kier molecular flexibility index (Phi) is 5.65. The van der Waals surface area contributed by atoms with Gasteiger partial charge in [-0.3, -0.25) is 19.7 Å². The summed E-state index contributed by atoms with van der Waals surface area (Å²) in [6, 6.07) is 3.15. The Bertz CT molecular complexity index is 559. The first kappa shape index (κ1) is 16.4. The summed E-state index contributed by atoms with van der Waals surface area (Å²) in [6.07, 6.45) is 0.784. The molecule has 1 unspecified atom stereocenters. The highest BCUT2D eigenvalue weighted by atomic mass is 16.6. The number of primary amides is 1. The molecule has 1 atom stereocenters. The van der Waals surface area contributed by atoms with Crippen LogP contribution in [0.5, 0.6) is 0 Å². The minimum atomic E-state index is -0.820. The fourth-order valence-electron chi connectivity index (χ4n) is 1.59. The van der Waals surface area contributed by atoms with Crippen LogP contribution in [0.3, 0.4) is 0 Å². The molecule has 8 heteroatoms. The third-order valence-corrected chi connectivity index (χ3v) is 2.80. The Morgan fingerprint density at radius 3 is 2.62 bits per heavy atom. The summed E-state index contributed by atoms with van der Waals surface area (Å²) in [7, 11) is 0. The van der Waals surface area contributed by atoms with Crippen molar-refractivity contribution in [2.24, 2.45) is 5.73 Å². The van der Waals surface area contributed by atoms with Crippen molar-refractivity contribution >= 4 is 23.2 Å². The van der Waals surface area contributed by atoms with Crippen molar-refractivity contribution in [1.29, 1.82) is 0 Å². The smallest absolute Gasteiger partial charge is 0.292 e. The van der Waals surface area contributed by atoms with Gasteiger partial charge in [0.15, 0.2) is 0 Å². The van der Waals surface area contributed by atoms with E-state index in [-0.39, 0.29) is 16.9 Å². The lowest BCUT2D eigenvalue weighted by Crippen LogP contribution is -2.42. The number of hydrogen-bond donors (Lipinski definition) is 3. The molecule has 1 aromatic rings. The minimum absolute atomic E-state index is 0.108. The molecule has 2 amide bonds. The van der Waals surface area contributed by atoms with Crippen LogP contribution >= 0.6 is 0 Å². The van der Waals surface area contributed by atoms with Crippen LogP contribution in [-0.4, -0.2) is 29.3 Å². The number of anilines is 1. The molecule has 0 aliphatic rings. The van der Waals surface area contributed by atoms with Crippen LogP contribution < -0.4 is 16.4 Å². The van der Waals surface area contributed by atoms with Gasteiger partial charge in [0.05, 0.1) is 4.92 Å². The van der Waals surface area contributed by atoms with Gasteiger partial charge in [-0.15, -0.1) is 0 Å². The van der Waals surface area contributed by atoms with Crippen LogP contribution in [0.4, 0.5) is 11.4 Å². The summed E-state index contributed by atoms with van der Waals surface area (Å²) in [6.45, 7) is 3.93. The van der Waals surface area contributed by atoms with Crippen LogP contribution in [0, 0.1) is 10.1 Å².